The topological polar surface area (TPSA) is 107 Å². The number of benzene rings is 3. The third-order valence-electron chi connectivity index (χ3n) is 5.17. The summed E-state index contributed by atoms with van der Waals surface area (Å²) < 4.78 is 0. The molecule has 0 spiro atoms. The Kier molecular flexibility index (Phi) is 7.18. The molecule has 0 bridgehead atoms. The standard InChI is InChI=1S/C27H21ClN4O3/c1-17-15-16-20(28)22-23(17)30-27(35)24(22)31-32-26(34)21(14-8-11-18-9-4-2-5-10-18)29-25(33)19-12-6-3-7-13-19/h2-16,30,35H,1H3,(H,29,33). The molecule has 4 aromatic rings. The van der Waals surface area contributed by atoms with Crippen LogP contribution in [-0.2, 0) is 4.79 Å². The summed E-state index contributed by atoms with van der Waals surface area (Å²) in [5.41, 5.74) is 2.68. The second-order valence-electron chi connectivity index (χ2n) is 7.61. The number of hydrogen-bond donors (Lipinski definition) is 3. The SMILES string of the molecule is Cc1ccc(Cl)c2c(N=NC(=O)C(=CC=Cc3ccccc3)NC(=O)c3ccccc3)c(O)[nH]c12. The first-order valence-electron chi connectivity index (χ1n) is 10.7. The smallest absolute Gasteiger partial charge is 0.311 e. The number of aryl methyl sites for hydroxylation is 1. The van der Waals surface area contributed by atoms with Gasteiger partial charge in [-0.1, -0.05) is 78.4 Å². The number of nitrogens with zero attached hydrogens (tertiary/aromatic N) is 2. The number of H-pyrrole nitrogens is 1. The molecule has 4 rings (SSSR count). The van der Waals surface area contributed by atoms with Crippen molar-refractivity contribution in [3.63, 3.8) is 0 Å². The van der Waals surface area contributed by atoms with Gasteiger partial charge in [-0.25, -0.2) is 0 Å². The quantitative estimate of drug-likeness (QED) is 0.166. The molecule has 0 saturated carbocycles. The van der Waals surface area contributed by atoms with Crippen molar-refractivity contribution in [1.82, 2.24) is 10.3 Å². The highest BCUT2D eigenvalue weighted by Crippen LogP contribution is 2.40. The van der Waals surface area contributed by atoms with Crippen LogP contribution in [0.5, 0.6) is 5.88 Å². The third kappa shape index (κ3) is 5.54. The summed E-state index contributed by atoms with van der Waals surface area (Å²) in [7, 11) is 0. The second kappa shape index (κ2) is 10.6. The zero-order valence-electron chi connectivity index (χ0n) is 18.7. The highest BCUT2D eigenvalue weighted by atomic mass is 35.5. The monoisotopic (exact) mass is 484 g/mol. The number of aromatic amines is 1. The molecule has 174 valence electrons. The van der Waals surface area contributed by atoms with E-state index >= 15 is 0 Å². The van der Waals surface area contributed by atoms with Crippen LogP contribution in [0.3, 0.4) is 0 Å². The van der Waals surface area contributed by atoms with Crippen LogP contribution in [0.2, 0.25) is 5.02 Å². The molecule has 2 amide bonds. The lowest BCUT2D eigenvalue weighted by atomic mass is 10.1. The minimum absolute atomic E-state index is 0.0376. The highest BCUT2D eigenvalue weighted by Gasteiger charge is 2.17. The lowest BCUT2D eigenvalue weighted by molar-refractivity contribution is -0.115. The van der Waals surface area contributed by atoms with E-state index in [1.54, 1.807) is 54.6 Å². The molecular weight excluding hydrogens is 464 g/mol. The number of allylic oxidation sites excluding steroid dienone is 2. The molecule has 7 nitrogen and oxygen atoms in total. The number of aromatic hydroxyl groups is 1. The predicted octanol–water partition coefficient (Wildman–Crippen LogP) is 6.47. The van der Waals surface area contributed by atoms with Crippen LogP contribution in [0.1, 0.15) is 21.5 Å². The second-order valence-corrected chi connectivity index (χ2v) is 8.02. The van der Waals surface area contributed by atoms with Gasteiger partial charge in [0, 0.05) is 5.56 Å². The molecular formula is C27H21ClN4O3. The predicted molar refractivity (Wildman–Crippen MR) is 137 cm³/mol. The van der Waals surface area contributed by atoms with E-state index < -0.39 is 11.8 Å². The third-order valence-corrected chi connectivity index (χ3v) is 5.49. The van der Waals surface area contributed by atoms with Gasteiger partial charge in [0.05, 0.1) is 15.9 Å². The maximum absolute atomic E-state index is 12.9. The van der Waals surface area contributed by atoms with Crippen molar-refractivity contribution in [3.8, 4) is 5.88 Å². The first-order chi connectivity index (χ1) is 16.9. The van der Waals surface area contributed by atoms with Gasteiger partial charge in [0.15, 0.2) is 5.69 Å². The first kappa shape index (κ1) is 23.7. The van der Waals surface area contributed by atoms with Gasteiger partial charge in [-0.2, -0.15) is 0 Å². The number of azo groups is 1. The molecule has 35 heavy (non-hydrogen) atoms. The fourth-order valence-corrected chi connectivity index (χ4v) is 3.63. The van der Waals surface area contributed by atoms with Crippen LogP contribution in [0.4, 0.5) is 5.69 Å². The van der Waals surface area contributed by atoms with E-state index in [0.717, 1.165) is 11.1 Å². The highest BCUT2D eigenvalue weighted by molar-refractivity contribution is 6.36. The fraction of sp³-hybridized carbons (Fsp3) is 0.0370. The van der Waals surface area contributed by atoms with Gasteiger partial charge in [-0.05, 0) is 42.3 Å². The van der Waals surface area contributed by atoms with E-state index in [2.05, 4.69) is 20.5 Å². The number of hydrogen-bond acceptors (Lipinski definition) is 4. The van der Waals surface area contributed by atoms with Gasteiger partial charge >= 0.3 is 5.91 Å². The van der Waals surface area contributed by atoms with Crippen molar-refractivity contribution in [1.29, 1.82) is 0 Å². The molecule has 0 atom stereocenters. The van der Waals surface area contributed by atoms with E-state index in [-0.39, 0.29) is 17.3 Å². The maximum Gasteiger partial charge on any atom is 0.311 e. The molecule has 0 fully saturated rings. The molecule has 0 aliphatic carbocycles. The van der Waals surface area contributed by atoms with E-state index in [0.29, 0.717) is 21.5 Å². The molecule has 1 aromatic heterocycles. The van der Waals surface area contributed by atoms with Gasteiger partial charge < -0.3 is 15.4 Å². The Morgan fingerprint density at radius 1 is 1.00 bits per heavy atom. The molecule has 1 heterocycles. The molecule has 0 radical (unpaired) electrons. The maximum atomic E-state index is 12.9. The average Bonchev–Trinajstić information content (AvgIpc) is 3.22. The molecule has 0 aliphatic rings. The van der Waals surface area contributed by atoms with E-state index in [9.17, 15) is 14.7 Å². The number of amides is 2. The van der Waals surface area contributed by atoms with Crippen LogP contribution >= 0.6 is 11.6 Å². The largest absolute Gasteiger partial charge is 0.493 e. The molecule has 0 aliphatic heterocycles. The summed E-state index contributed by atoms with van der Waals surface area (Å²) in [4.78, 5) is 28.4. The molecule has 3 N–H and O–H groups in total. The minimum Gasteiger partial charge on any atom is -0.493 e. The number of halogens is 1. The number of fused-ring (bicyclic) bond motifs is 1. The first-order valence-corrected chi connectivity index (χ1v) is 11.1. The summed E-state index contributed by atoms with van der Waals surface area (Å²) in [5.74, 6) is -1.54. The average molecular weight is 485 g/mol. The van der Waals surface area contributed by atoms with E-state index in [1.807, 2.05) is 37.3 Å². The summed E-state index contributed by atoms with van der Waals surface area (Å²) in [5, 5.41) is 21.4. The van der Waals surface area contributed by atoms with E-state index in [1.165, 1.54) is 6.08 Å². The lowest BCUT2D eigenvalue weighted by Crippen LogP contribution is -2.26. The Morgan fingerprint density at radius 3 is 2.40 bits per heavy atom. The van der Waals surface area contributed by atoms with Crippen molar-refractivity contribution < 1.29 is 14.7 Å². The number of nitrogens with one attached hydrogen (secondary N) is 2. The zero-order chi connectivity index (χ0) is 24.8. The Hall–Kier alpha value is -4.49. The lowest BCUT2D eigenvalue weighted by Gasteiger charge is -2.06. The van der Waals surface area contributed by atoms with Crippen LogP contribution < -0.4 is 5.32 Å². The van der Waals surface area contributed by atoms with Gasteiger partial charge in [-0.3, -0.25) is 9.59 Å². The van der Waals surface area contributed by atoms with Crippen molar-refractivity contribution in [2.45, 2.75) is 6.92 Å². The van der Waals surface area contributed by atoms with Crippen LogP contribution in [0, 0.1) is 6.92 Å². The molecule has 3 aromatic carbocycles. The van der Waals surface area contributed by atoms with Crippen molar-refractivity contribution in [3.05, 3.63) is 112 Å². The van der Waals surface area contributed by atoms with Gasteiger partial charge in [0.2, 0.25) is 5.88 Å². The van der Waals surface area contributed by atoms with Gasteiger partial charge in [0.1, 0.15) is 5.70 Å². The van der Waals surface area contributed by atoms with Crippen LogP contribution in [0.15, 0.2) is 101 Å². The van der Waals surface area contributed by atoms with E-state index in [4.69, 9.17) is 11.6 Å². The van der Waals surface area contributed by atoms with Crippen molar-refractivity contribution in [2.24, 2.45) is 10.2 Å². The Balaban J connectivity index is 1.65. The van der Waals surface area contributed by atoms with Crippen molar-refractivity contribution >= 4 is 46.1 Å². The van der Waals surface area contributed by atoms with Gasteiger partial charge in [-0.15, -0.1) is 10.2 Å². The Morgan fingerprint density at radius 2 is 1.69 bits per heavy atom. The number of aromatic nitrogens is 1. The molecule has 0 unspecified atom stereocenters. The zero-order valence-corrected chi connectivity index (χ0v) is 19.5. The summed E-state index contributed by atoms with van der Waals surface area (Å²) in [6.07, 6.45) is 4.86. The van der Waals surface area contributed by atoms with Gasteiger partial charge in [0.25, 0.3) is 5.91 Å². The van der Waals surface area contributed by atoms with Crippen molar-refractivity contribution in [2.75, 3.05) is 0 Å². The molecule has 8 heteroatoms. The summed E-state index contributed by atoms with van der Waals surface area (Å²) in [6.45, 7) is 1.85. The normalized spacial score (nSPS) is 12.0. The fourth-order valence-electron chi connectivity index (χ4n) is 3.39. The Bertz CT molecular complexity index is 1470. The number of carbonyl (C=O) groups is 2. The molecule has 0 saturated heterocycles. The van der Waals surface area contributed by atoms with Crippen LogP contribution in [-0.4, -0.2) is 21.9 Å². The number of carbonyl (C=O) groups excluding carboxylic acids is 2. The van der Waals surface area contributed by atoms with Crippen LogP contribution in [0.25, 0.3) is 17.0 Å². The Labute approximate surface area is 206 Å². The minimum atomic E-state index is -0.801. The summed E-state index contributed by atoms with van der Waals surface area (Å²) >= 11 is 6.29. The summed E-state index contributed by atoms with van der Waals surface area (Å²) in [6, 6.07) is 21.5. The number of rotatable bonds is 6.